The number of hydrogen-bond donors (Lipinski definition) is 2. The van der Waals surface area contributed by atoms with Crippen molar-refractivity contribution in [3.05, 3.63) is 106 Å². The number of benzene rings is 2. The van der Waals surface area contributed by atoms with Gasteiger partial charge >= 0.3 is 0 Å². The smallest absolute Gasteiger partial charge is 0.174 e. The topological polar surface area (TPSA) is 53.3 Å². The molecule has 2 aromatic heterocycles. The molecule has 1 aliphatic rings. The Morgan fingerprint density at radius 2 is 1.79 bits per heavy atom. The standard InChI is InChI=1S/C26H23BrN4OS/c1-16-14-20(17(2)30(16)19-9-7-8-18(27)15-19)25-24(21-10-5-6-13-28-21)29-26(33)31(25)22-11-3-4-12-23(22)32/h3-15,24-25,32H,1-2H3,(H,29,33)/t24-,25+/m0/s1. The second-order valence-corrected chi connectivity index (χ2v) is 9.43. The second-order valence-electron chi connectivity index (χ2n) is 8.13. The number of aromatic hydroxyl groups is 1. The molecule has 0 amide bonds. The molecule has 166 valence electrons. The van der Waals surface area contributed by atoms with Crippen LogP contribution in [0.1, 0.15) is 34.7 Å². The predicted octanol–water partition coefficient (Wildman–Crippen LogP) is 6.13. The van der Waals surface area contributed by atoms with Gasteiger partial charge in [-0.3, -0.25) is 4.98 Å². The highest BCUT2D eigenvalue weighted by molar-refractivity contribution is 9.10. The van der Waals surface area contributed by atoms with Crippen molar-refractivity contribution in [3.63, 3.8) is 0 Å². The van der Waals surface area contributed by atoms with E-state index in [0.717, 1.165) is 32.8 Å². The van der Waals surface area contributed by atoms with Crippen molar-refractivity contribution in [2.75, 3.05) is 4.90 Å². The van der Waals surface area contributed by atoms with Crippen LogP contribution in [0.3, 0.4) is 0 Å². The number of nitrogens with one attached hydrogen (secondary N) is 1. The van der Waals surface area contributed by atoms with Crippen LogP contribution in [0.5, 0.6) is 5.75 Å². The van der Waals surface area contributed by atoms with Crippen LogP contribution in [-0.2, 0) is 0 Å². The lowest BCUT2D eigenvalue weighted by molar-refractivity contribution is 0.472. The molecule has 0 spiro atoms. The maximum absolute atomic E-state index is 10.7. The van der Waals surface area contributed by atoms with Crippen molar-refractivity contribution < 1.29 is 5.11 Å². The van der Waals surface area contributed by atoms with Gasteiger partial charge in [0, 0.05) is 27.7 Å². The number of phenols is 1. The average molecular weight is 519 g/mol. The molecule has 7 heteroatoms. The van der Waals surface area contributed by atoms with E-state index in [0.29, 0.717) is 10.8 Å². The van der Waals surface area contributed by atoms with E-state index in [2.05, 4.69) is 62.8 Å². The maximum atomic E-state index is 10.7. The largest absolute Gasteiger partial charge is 0.506 e. The summed E-state index contributed by atoms with van der Waals surface area (Å²) in [7, 11) is 0. The molecule has 0 bridgehead atoms. The zero-order valence-corrected chi connectivity index (χ0v) is 20.6. The number of aromatic nitrogens is 2. The summed E-state index contributed by atoms with van der Waals surface area (Å²) in [6.07, 6.45) is 1.80. The molecular weight excluding hydrogens is 496 g/mol. The number of nitrogens with zero attached hydrogens (tertiary/aromatic N) is 3. The lowest BCUT2D eigenvalue weighted by atomic mass is 9.96. The molecule has 1 saturated heterocycles. The number of anilines is 1. The number of hydrogen-bond acceptors (Lipinski definition) is 3. The minimum absolute atomic E-state index is 0.172. The molecule has 0 aliphatic carbocycles. The fourth-order valence-corrected chi connectivity index (χ4v) is 5.42. The summed E-state index contributed by atoms with van der Waals surface area (Å²) in [5, 5.41) is 14.7. The van der Waals surface area contributed by atoms with E-state index in [1.165, 1.54) is 0 Å². The van der Waals surface area contributed by atoms with Crippen molar-refractivity contribution in [1.29, 1.82) is 0 Å². The van der Waals surface area contributed by atoms with Gasteiger partial charge in [0.1, 0.15) is 5.75 Å². The molecule has 33 heavy (non-hydrogen) atoms. The Balaban J connectivity index is 1.70. The molecule has 1 aliphatic heterocycles. The van der Waals surface area contributed by atoms with Gasteiger partial charge < -0.3 is 19.9 Å². The van der Waals surface area contributed by atoms with Gasteiger partial charge in [-0.1, -0.05) is 40.2 Å². The van der Waals surface area contributed by atoms with Gasteiger partial charge in [-0.25, -0.2) is 0 Å². The van der Waals surface area contributed by atoms with Crippen molar-refractivity contribution >= 4 is 38.9 Å². The maximum Gasteiger partial charge on any atom is 0.174 e. The van der Waals surface area contributed by atoms with Crippen LogP contribution in [0.2, 0.25) is 0 Å². The Morgan fingerprint density at radius 3 is 2.52 bits per heavy atom. The summed E-state index contributed by atoms with van der Waals surface area (Å²) in [6.45, 7) is 4.24. The summed E-state index contributed by atoms with van der Waals surface area (Å²) < 4.78 is 3.28. The first-order chi connectivity index (χ1) is 16.0. The molecule has 3 heterocycles. The molecule has 2 N–H and O–H groups in total. The van der Waals surface area contributed by atoms with E-state index >= 15 is 0 Å². The summed E-state index contributed by atoms with van der Waals surface area (Å²) in [6, 6.07) is 23.3. The first kappa shape index (κ1) is 21.7. The number of pyridine rings is 1. The average Bonchev–Trinajstić information content (AvgIpc) is 3.30. The molecule has 2 atom stereocenters. The van der Waals surface area contributed by atoms with E-state index in [1.807, 2.05) is 53.4 Å². The Labute approximate surface area is 206 Å². The van der Waals surface area contributed by atoms with Crippen LogP contribution in [0, 0.1) is 13.8 Å². The lowest BCUT2D eigenvalue weighted by Gasteiger charge is -2.28. The summed E-state index contributed by atoms with van der Waals surface area (Å²) >= 11 is 9.39. The van der Waals surface area contributed by atoms with Crippen LogP contribution in [-0.4, -0.2) is 19.8 Å². The molecular formula is C26H23BrN4OS. The normalized spacial score (nSPS) is 17.9. The number of rotatable bonds is 4. The summed E-state index contributed by atoms with van der Waals surface area (Å²) in [4.78, 5) is 6.64. The van der Waals surface area contributed by atoms with Crippen molar-refractivity contribution in [2.45, 2.75) is 25.9 Å². The van der Waals surface area contributed by atoms with E-state index in [1.54, 1.807) is 12.3 Å². The fraction of sp³-hybridized carbons (Fsp3) is 0.154. The van der Waals surface area contributed by atoms with E-state index in [-0.39, 0.29) is 17.8 Å². The third-order valence-electron chi connectivity index (χ3n) is 6.09. The van der Waals surface area contributed by atoms with E-state index in [4.69, 9.17) is 12.2 Å². The Morgan fingerprint density at radius 1 is 1.00 bits per heavy atom. The second kappa shape index (κ2) is 8.65. The quantitative estimate of drug-likeness (QED) is 0.318. The number of thiocarbonyl (C=S) groups is 1. The first-order valence-corrected chi connectivity index (χ1v) is 11.9. The molecule has 0 saturated carbocycles. The fourth-order valence-electron chi connectivity index (χ4n) is 4.70. The van der Waals surface area contributed by atoms with Crippen LogP contribution >= 0.6 is 28.1 Å². The molecule has 5 rings (SSSR count). The van der Waals surface area contributed by atoms with Gasteiger partial charge in [0.25, 0.3) is 0 Å². The SMILES string of the molecule is Cc1cc([C@@H]2[C@H](c3ccccn3)NC(=S)N2c2ccccc2O)c(C)n1-c1cccc(Br)c1. The van der Waals surface area contributed by atoms with Crippen LogP contribution in [0.25, 0.3) is 5.69 Å². The number of aryl methyl sites for hydroxylation is 1. The highest BCUT2D eigenvalue weighted by atomic mass is 79.9. The lowest BCUT2D eigenvalue weighted by Crippen LogP contribution is -2.29. The Bertz CT molecular complexity index is 1340. The molecule has 5 nitrogen and oxygen atoms in total. The molecule has 4 aromatic rings. The number of halogens is 1. The monoisotopic (exact) mass is 518 g/mol. The summed E-state index contributed by atoms with van der Waals surface area (Å²) in [5.41, 5.74) is 6.01. The predicted molar refractivity (Wildman–Crippen MR) is 139 cm³/mol. The summed E-state index contributed by atoms with van der Waals surface area (Å²) in [5.74, 6) is 0.189. The van der Waals surface area contributed by atoms with Crippen molar-refractivity contribution in [2.24, 2.45) is 0 Å². The van der Waals surface area contributed by atoms with Gasteiger partial charge in [-0.05, 0) is 80.2 Å². The molecule has 0 unspecified atom stereocenters. The van der Waals surface area contributed by atoms with Crippen LogP contribution in [0.15, 0.2) is 83.5 Å². The number of para-hydroxylation sites is 2. The Kier molecular flexibility index (Phi) is 5.68. The van der Waals surface area contributed by atoms with Crippen LogP contribution < -0.4 is 10.2 Å². The Hall–Kier alpha value is -3.16. The van der Waals surface area contributed by atoms with Gasteiger partial charge in [0.05, 0.1) is 23.5 Å². The van der Waals surface area contributed by atoms with Gasteiger partial charge in [-0.2, -0.15) is 0 Å². The van der Waals surface area contributed by atoms with E-state index in [9.17, 15) is 5.11 Å². The minimum atomic E-state index is -0.187. The first-order valence-electron chi connectivity index (χ1n) is 10.7. The van der Waals surface area contributed by atoms with Crippen molar-refractivity contribution in [3.8, 4) is 11.4 Å². The van der Waals surface area contributed by atoms with Crippen LogP contribution in [0.4, 0.5) is 5.69 Å². The molecule has 1 fully saturated rings. The zero-order chi connectivity index (χ0) is 23.1. The van der Waals surface area contributed by atoms with Crippen molar-refractivity contribution in [1.82, 2.24) is 14.9 Å². The minimum Gasteiger partial charge on any atom is -0.506 e. The third-order valence-corrected chi connectivity index (χ3v) is 6.90. The zero-order valence-electron chi connectivity index (χ0n) is 18.2. The highest BCUT2D eigenvalue weighted by Crippen LogP contribution is 2.45. The highest BCUT2D eigenvalue weighted by Gasteiger charge is 2.43. The molecule has 2 aromatic carbocycles. The third kappa shape index (κ3) is 3.81. The van der Waals surface area contributed by atoms with E-state index < -0.39 is 0 Å². The number of phenolic OH excluding ortho intramolecular Hbond substituents is 1. The van der Waals surface area contributed by atoms with Gasteiger partial charge in [-0.15, -0.1) is 0 Å². The van der Waals surface area contributed by atoms with Gasteiger partial charge in [0.15, 0.2) is 5.11 Å². The molecule has 0 radical (unpaired) electrons. The van der Waals surface area contributed by atoms with Gasteiger partial charge in [0.2, 0.25) is 0 Å².